The monoisotopic (exact) mass is 370 g/mol. The van der Waals surface area contributed by atoms with Crippen molar-refractivity contribution >= 4 is 11.8 Å². The van der Waals surface area contributed by atoms with Gasteiger partial charge in [0, 0.05) is 25.6 Å². The minimum Gasteiger partial charge on any atom is -0.492 e. The molecule has 144 valence electrons. The summed E-state index contributed by atoms with van der Waals surface area (Å²) in [7, 11) is 1.69. The van der Waals surface area contributed by atoms with E-state index < -0.39 is 5.97 Å². The summed E-state index contributed by atoms with van der Waals surface area (Å²) < 4.78 is 10.8. The number of anilines is 1. The Morgan fingerprint density at radius 1 is 1.22 bits per heavy atom. The second-order valence-electron chi connectivity index (χ2n) is 6.80. The molecule has 27 heavy (non-hydrogen) atoms. The van der Waals surface area contributed by atoms with Crippen molar-refractivity contribution in [2.75, 3.05) is 32.2 Å². The quantitative estimate of drug-likeness (QED) is 0.591. The fourth-order valence-electron chi connectivity index (χ4n) is 3.19. The van der Waals surface area contributed by atoms with Crippen LogP contribution >= 0.6 is 0 Å². The van der Waals surface area contributed by atoms with Gasteiger partial charge in [0.25, 0.3) is 0 Å². The topological polar surface area (TPSA) is 80.7 Å². The van der Waals surface area contributed by atoms with Crippen molar-refractivity contribution in [2.24, 2.45) is 5.92 Å². The van der Waals surface area contributed by atoms with E-state index in [2.05, 4.69) is 10.3 Å². The third-order valence-electron chi connectivity index (χ3n) is 4.71. The van der Waals surface area contributed by atoms with Crippen LogP contribution < -0.4 is 10.1 Å². The van der Waals surface area contributed by atoms with Gasteiger partial charge in [-0.25, -0.2) is 4.98 Å². The molecular formula is C21H26N2O4. The lowest BCUT2D eigenvalue weighted by molar-refractivity contribution is -0.137. The van der Waals surface area contributed by atoms with Crippen LogP contribution in [0.25, 0.3) is 0 Å². The summed E-state index contributed by atoms with van der Waals surface area (Å²) in [6, 6.07) is 13.9. The predicted octanol–water partition coefficient (Wildman–Crippen LogP) is 3.34. The third kappa shape index (κ3) is 5.96. The molecule has 0 radical (unpaired) electrons. The van der Waals surface area contributed by atoms with Crippen LogP contribution in [0.5, 0.6) is 5.75 Å². The van der Waals surface area contributed by atoms with Gasteiger partial charge in [-0.1, -0.05) is 18.2 Å². The van der Waals surface area contributed by atoms with Gasteiger partial charge in [-0.15, -0.1) is 0 Å². The van der Waals surface area contributed by atoms with Crippen LogP contribution in [0.15, 0.2) is 42.5 Å². The summed E-state index contributed by atoms with van der Waals surface area (Å²) >= 11 is 0. The molecule has 1 heterocycles. The van der Waals surface area contributed by atoms with Crippen LogP contribution in [0.3, 0.4) is 0 Å². The first-order valence-corrected chi connectivity index (χ1v) is 9.29. The van der Waals surface area contributed by atoms with Crippen LogP contribution in [-0.2, 0) is 16.0 Å². The van der Waals surface area contributed by atoms with Crippen molar-refractivity contribution in [2.45, 2.75) is 25.2 Å². The van der Waals surface area contributed by atoms with E-state index in [0.29, 0.717) is 25.7 Å². The van der Waals surface area contributed by atoms with E-state index in [1.807, 2.05) is 42.5 Å². The van der Waals surface area contributed by atoms with Crippen molar-refractivity contribution in [3.8, 4) is 5.75 Å². The molecule has 2 unspecified atom stereocenters. The highest BCUT2D eigenvalue weighted by atomic mass is 16.5. The smallest absolute Gasteiger partial charge is 0.303 e. The fourth-order valence-corrected chi connectivity index (χ4v) is 3.19. The molecule has 2 N–H and O–H groups in total. The first-order chi connectivity index (χ1) is 13.2. The van der Waals surface area contributed by atoms with Gasteiger partial charge in [0.2, 0.25) is 0 Å². The van der Waals surface area contributed by atoms with Gasteiger partial charge in [-0.2, -0.15) is 0 Å². The minimum atomic E-state index is -0.714. The molecule has 0 spiro atoms. The van der Waals surface area contributed by atoms with E-state index in [1.165, 1.54) is 5.56 Å². The lowest BCUT2D eigenvalue weighted by Crippen LogP contribution is -2.13. The maximum absolute atomic E-state index is 10.8. The molecule has 0 amide bonds. The minimum absolute atomic E-state index is 0.259. The number of nitrogens with one attached hydrogen (secondary N) is 1. The van der Waals surface area contributed by atoms with Gasteiger partial charge in [-0.05, 0) is 48.1 Å². The Bertz CT molecular complexity index is 748. The molecule has 0 saturated heterocycles. The van der Waals surface area contributed by atoms with Gasteiger partial charge in [-0.3, -0.25) is 4.79 Å². The maximum Gasteiger partial charge on any atom is 0.303 e. The van der Waals surface area contributed by atoms with Crippen molar-refractivity contribution in [1.82, 2.24) is 4.98 Å². The van der Waals surface area contributed by atoms with Crippen molar-refractivity contribution in [3.63, 3.8) is 0 Å². The standard InChI is InChI=1S/C21H26N2O4/c1-26-11-9-17-3-2-4-20(23-17)22-10-12-27-18-7-5-15(6-8-18)19-13-16(19)14-21(24)25/h2-8,16,19H,9-14H2,1H3,(H,22,23)(H,24,25). The Kier molecular flexibility index (Phi) is 6.65. The first kappa shape index (κ1) is 19.2. The molecule has 0 aliphatic heterocycles. The summed E-state index contributed by atoms with van der Waals surface area (Å²) in [6.45, 7) is 1.85. The van der Waals surface area contributed by atoms with Crippen LogP contribution in [0.2, 0.25) is 0 Å². The highest BCUT2D eigenvalue weighted by Crippen LogP contribution is 2.49. The zero-order valence-electron chi connectivity index (χ0n) is 15.6. The van der Waals surface area contributed by atoms with Gasteiger partial charge >= 0.3 is 5.97 Å². The molecule has 1 aromatic carbocycles. The number of carboxylic acid groups (broad SMARTS) is 1. The van der Waals surface area contributed by atoms with Crippen molar-refractivity contribution in [3.05, 3.63) is 53.7 Å². The molecule has 1 aliphatic rings. The number of hydrogen-bond acceptors (Lipinski definition) is 5. The summed E-state index contributed by atoms with van der Waals surface area (Å²) in [4.78, 5) is 15.3. The molecule has 2 atom stereocenters. The molecule has 3 rings (SSSR count). The molecule has 6 heteroatoms. The molecule has 6 nitrogen and oxygen atoms in total. The Morgan fingerprint density at radius 3 is 2.78 bits per heavy atom. The summed E-state index contributed by atoms with van der Waals surface area (Å²) in [6.07, 6.45) is 2.02. The largest absolute Gasteiger partial charge is 0.492 e. The van der Waals surface area contributed by atoms with Crippen molar-refractivity contribution < 1.29 is 19.4 Å². The van der Waals surface area contributed by atoms with E-state index in [4.69, 9.17) is 14.6 Å². The molecular weight excluding hydrogens is 344 g/mol. The molecule has 1 saturated carbocycles. The van der Waals surface area contributed by atoms with Gasteiger partial charge in [0.1, 0.15) is 18.2 Å². The van der Waals surface area contributed by atoms with E-state index in [0.717, 1.165) is 30.1 Å². The number of carboxylic acids is 1. The summed E-state index contributed by atoms with van der Waals surface area (Å²) in [5.74, 6) is 1.60. The Hall–Kier alpha value is -2.60. The van der Waals surface area contributed by atoms with E-state index in [9.17, 15) is 4.79 Å². The Balaban J connectivity index is 1.39. The maximum atomic E-state index is 10.8. The molecule has 1 fully saturated rings. The average Bonchev–Trinajstić information content (AvgIpc) is 3.43. The molecule has 2 aromatic rings. The lowest BCUT2D eigenvalue weighted by Gasteiger charge is -2.10. The van der Waals surface area contributed by atoms with Crippen LogP contribution in [0, 0.1) is 5.92 Å². The second-order valence-corrected chi connectivity index (χ2v) is 6.80. The highest BCUT2D eigenvalue weighted by Gasteiger charge is 2.39. The Morgan fingerprint density at radius 2 is 2.04 bits per heavy atom. The number of benzene rings is 1. The number of pyridine rings is 1. The first-order valence-electron chi connectivity index (χ1n) is 9.29. The number of rotatable bonds is 11. The normalized spacial score (nSPS) is 18.1. The molecule has 1 aliphatic carbocycles. The number of aliphatic carboxylic acids is 1. The van der Waals surface area contributed by atoms with Crippen molar-refractivity contribution in [1.29, 1.82) is 0 Å². The Labute approximate surface area is 159 Å². The summed E-state index contributed by atoms with van der Waals surface area (Å²) in [5.41, 5.74) is 2.20. The number of carbonyl (C=O) groups is 1. The fraction of sp³-hybridized carbons (Fsp3) is 0.429. The van der Waals surface area contributed by atoms with Gasteiger partial charge < -0.3 is 19.9 Å². The average molecular weight is 370 g/mol. The van der Waals surface area contributed by atoms with Crippen LogP contribution in [-0.4, -0.2) is 42.9 Å². The van der Waals surface area contributed by atoms with Gasteiger partial charge in [0.15, 0.2) is 0 Å². The second kappa shape index (κ2) is 9.37. The SMILES string of the molecule is COCCc1cccc(NCCOc2ccc(C3CC3CC(=O)O)cc2)n1. The highest BCUT2D eigenvalue weighted by molar-refractivity contribution is 5.67. The number of aromatic nitrogens is 1. The van der Waals surface area contributed by atoms with E-state index in [1.54, 1.807) is 7.11 Å². The molecule has 1 aromatic heterocycles. The van der Waals surface area contributed by atoms with Crippen LogP contribution in [0.1, 0.15) is 30.0 Å². The summed E-state index contributed by atoms with van der Waals surface area (Å²) in [5, 5.41) is 12.1. The predicted molar refractivity (Wildman–Crippen MR) is 103 cm³/mol. The third-order valence-corrected chi connectivity index (χ3v) is 4.71. The van der Waals surface area contributed by atoms with E-state index in [-0.39, 0.29) is 12.3 Å². The zero-order valence-corrected chi connectivity index (χ0v) is 15.6. The van der Waals surface area contributed by atoms with Gasteiger partial charge in [0.05, 0.1) is 13.2 Å². The van der Waals surface area contributed by atoms with E-state index >= 15 is 0 Å². The number of ether oxygens (including phenoxy) is 2. The number of hydrogen-bond donors (Lipinski definition) is 2. The number of nitrogens with zero attached hydrogens (tertiary/aromatic N) is 1. The zero-order chi connectivity index (χ0) is 19.1. The number of methoxy groups -OCH3 is 1. The van der Waals surface area contributed by atoms with Crippen LogP contribution in [0.4, 0.5) is 5.82 Å². The lowest BCUT2D eigenvalue weighted by atomic mass is 10.1. The molecule has 0 bridgehead atoms.